The highest BCUT2D eigenvalue weighted by molar-refractivity contribution is 5.80. The van der Waals surface area contributed by atoms with E-state index in [0.29, 0.717) is 12.5 Å². The predicted molar refractivity (Wildman–Crippen MR) is 77.4 cm³/mol. The molecule has 3 rings (SSSR count). The highest BCUT2D eigenvalue weighted by atomic mass is 16.5. The van der Waals surface area contributed by atoms with E-state index in [2.05, 4.69) is 0 Å². The van der Waals surface area contributed by atoms with E-state index in [-0.39, 0.29) is 18.0 Å². The Morgan fingerprint density at radius 3 is 2.75 bits per heavy atom. The summed E-state index contributed by atoms with van der Waals surface area (Å²) in [5.74, 6) is 1.03. The normalized spacial score (nSPS) is 27.3. The van der Waals surface area contributed by atoms with Crippen LogP contribution in [0.4, 0.5) is 0 Å². The molecule has 1 saturated carbocycles. The number of benzene rings is 1. The van der Waals surface area contributed by atoms with E-state index < -0.39 is 0 Å². The van der Waals surface area contributed by atoms with E-state index in [4.69, 9.17) is 10.5 Å². The van der Waals surface area contributed by atoms with Gasteiger partial charge in [-0.05, 0) is 30.5 Å². The summed E-state index contributed by atoms with van der Waals surface area (Å²) >= 11 is 0. The maximum atomic E-state index is 12.3. The second kappa shape index (κ2) is 5.44. The molecule has 108 valence electrons. The summed E-state index contributed by atoms with van der Waals surface area (Å²) in [4.78, 5) is 14.4. The summed E-state index contributed by atoms with van der Waals surface area (Å²) in [6.07, 6.45) is 5.11. The molecular weight excluding hydrogens is 252 g/mol. The summed E-state index contributed by atoms with van der Waals surface area (Å²) < 4.78 is 5.29. The van der Waals surface area contributed by atoms with Crippen molar-refractivity contribution in [1.82, 2.24) is 4.90 Å². The molecule has 1 heterocycles. The lowest BCUT2D eigenvalue weighted by Crippen LogP contribution is -2.39. The van der Waals surface area contributed by atoms with E-state index >= 15 is 0 Å². The fourth-order valence-electron chi connectivity index (χ4n) is 3.63. The number of likely N-dealkylation sites (tertiary alicyclic amines) is 1. The average molecular weight is 274 g/mol. The summed E-state index contributed by atoms with van der Waals surface area (Å²) in [5, 5.41) is 0. The van der Waals surface area contributed by atoms with Crippen LogP contribution in [0.2, 0.25) is 0 Å². The minimum absolute atomic E-state index is 0.000648. The van der Waals surface area contributed by atoms with Crippen molar-refractivity contribution in [2.45, 2.75) is 50.2 Å². The Kier molecular flexibility index (Phi) is 3.66. The number of rotatable bonds is 3. The van der Waals surface area contributed by atoms with Crippen molar-refractivity contribution in [1.29, 1.82) is 0 Å². The monoisotopic (exact) mass is 274 g/mol. The molecule has 20 heavy (non-hydrogen) atoms. The Morgan fingerprint density at radius 2 is 2.05 bits per heavy atom. The number of hydrogen-bond acceptors (Lipinski definition) is 3. The zero-order chi connectivity index (χ0) is 14.1. The van der Waals surface area contributed by atoms with Gasteiger partial charge in [-0.25, -0.2) is 0 Å². The maximum Gasteiger partial charge on any atom is 0.225 e. The van der Waals surface area contributed by atoms with Gasteiger partial charge in [0.15, 0.2) is 0 Å². The molecule has 0 spiro atoms. The van der Waals surface area contributed by atoms with Gasteiger partial charge in [0.05, 0.1) is 13.2 Å². The summed E-state index contributed by atoms with van der Waals surface area (Å²) in [7, 11) is 1.66. The third-order valence-electron chi connectivity index (χ3n) is 4.56. The first-order chi connectivity index (χ1) is 9.70. The second-order valence-corrected chi connectivity index (χ2v) is 5.83. The van der Waals surface area contributed by atoms with Gasteiger partial charge in [-0.15, -0.1) is 0 Å². The number of carbonyl (C=O) groups is 1. The molecule has 4 heteroatoms. The van der Waals surface area contributed by atoms with E-state index in [1.54, 1.807) is 7.11 Å². The van der Waals surface area contributed by atoms with Crippen LogP contribution in [0.15, 0.2) is 24.3 Å². The number of methoxy groups -OCH3 is 1. The third kappa shape index (κ3) is 2.29. The van der Waals surface area contributed by atoms with Gasteiger partial charge in [-0.2, -0.15) is 0 Å². The molecule has 1 aromatic rings. The molecule has 1 aromatic carbocycles. The minimum Gasteiger partial charge on any atom is -0.497 e. The summed E-state index contributed by atoms with van der Waals surface area (Å²) in [5.41, 5.74) is 7.34. The van der Waals surface area contributed by atoms with Crippen molar-refractivity contribution in [2.24, 2.45) is 5.73 Å². The molecule has 1 saturated heterocycles. The molecule has 1 amide bonds. The Morgan fingerprint density at radius 1 is 1.30 bits per heavy atom. The van der Waals surface area contributed by atoms with E-state index in [1.165, 1.54) is 12.8 Å². The van der Waals surface area contributed by atoms with Crippen molar-refractivity contribution < 1.29 is 9.53 Å². The highest BCUT2D eigenvalue weighted by Crippen LogP contribution is 2.39. The number of nitrogens with two attached hydrogens (primary N) is 1. The van der Waals surface area contributed by atoms with Gasteiger partial charge in [-0.1, -0.05) is 25.0 Å². The second-order valence-electron chi connectivity index (χ2n) is 5.83. The van der Waals surface area contributed by atoms with Crippen LogP contribution in [-0.4, -0.2) is 30.0 Å². The van der Waals surface area contributed by atoms with Crippen LogP contribution in [0.25, 0.3) is 0 Å². The molecule has 0 radical (unpaired) electrons. The summed E-state index contributed by atoms with van der Waals surface area (Å²) in [6, 6.07) is 8.20. The lowest BCUT2D eigenvalue weighted by atomic mass is 9.99. The van der Waals surface area contributed by atoms with Gasteiger partial charge in [-0.3, -0.25) is 4.79 Å². The minimum atomic E-state index is -0.116. The largest absolute Gasteiger partial charge is 0.497 e. The highest BCUT2D eigenvalue weighted by Gasteiger charge is 2.42. The van der Waals surface area contributed by atoms with Crippen LogP contribution in [-0.2, 0) is 4.79 Å². The van der Waals surface area contributed by atoms with Gasteiger partial charge in [0.2, 0.25) is 5.91 Å². The van der Waals surface area contributed by atoms with Crippen molar-refractivity contribution in [2.75, 3.05) is 7.11 Å². The molecule has 2 fully saturated rings. The SMILES string of the molecule is COc1cccc(C2C(N)CC(=O)N2C2CCCC2)c1. The molecule has 0 bridgehead atoms. The van der Waals surface area contributed by atoms with Gasteiger partial charge in [0.25, 0.3) is 0 Å². The molecule has 2 N–H and O–H groups in total. The molecular formula is C16H22N2O2. The topological polar surface area (TPSA) is 55.6 Å². The molecule has 4 nitrogen and oxygen atoms in total. The fraction of sp³-hybridized carbons (Fsp3) is 0.562. The molecule has 0 aromatic heterocycles. The summed E-state index contributed by atoms with van der Waals surface area (Å²) in [6.45, 7) is 0. The Hall–Kier alpha value is -1.55. The molecule has 1 aliphatic heterocycles. The van der Waals surface area contributed by atoms with Crippen LogP contribution >= 0.6 is 0 Å². The van der Waals surface area contributed by atoms with Crippen LogP contribution in [0, 0.1) is 0 Å². The van der Waals surface area contributed by atoms with Gasteiger partial charge in [0, 0.05) is 18.5 Å². The Bertz CT molecular complexity index is 497. The zero-order valence-corrected chi connectivity index (χ0v) is 11.9. The van der Waals surface area contributed by atoms with Crippen molar-refractivity contribution in [3.05, 3.63) is 29.8 Å². The number of hydrogen-bond donors (Lipinski definition) is 1. The molecule has 2 unspecified atom stereocenters. The maximum absolute atomic E-state index is 12.3. The van der Waals surface area contributed by atoms with Crippen LogP contribution in [0.3, 0.4) is 0 Å². The van der Waals surface area contributed by atoms with E-state index in [1.807, 2.05) is 29.2 Å². The van der Waals surface area contributed by atoms with E-state index in [0.717, 1.165) is 24.2 Å². The standard InChI is InChI=1S/C16H22N2O2/c1-20-13-8-4-5-11(9-13)16-14(17)10-15(19)18(16)12-6-2-3-7-12/h4-5,8-9,12,14,16H,2-3,6-7,10,17H2,1H3. The smallest absolute Gasteiger partial charge is 0.225 e. The van der Waals surface area contributed by atoms with Gasteiger partial charge >= 0.3 is 0 Å². The number of ether oxygens (including phenoxy) is 1. The first-order valence-electron chi connectivity index (χ1n) is 7.41. The molecule has 2 aliphatic rings. The van der Waals surface area contributed by atoms with Crippen LogP contribution in [0.5, 0.6) is 5.75 Å². The van der Waals surface area contributed by atoms with Crippen molar-refractivity contribution >= 4 is 5.91 Å². The zero-order valence-electron chi connectivity index (χ0n) is 11.9. The third-order valence-corrected chi connectivity index (χ3v) is 4.56. The van der Waals surface area contributed by atoms with Crippen LogP contribution in [0.1, 0.15) is 43.7 Å². The Labute approximate surface area is 119 Å². The number of nitrogens with zero attached hydrogens (tertiary/aromatic N) is 1. The molecule has 2 atom stereocenters. The van der Waals surface area contributed by atoms with Crippen molar-refractivity contribution in [3.63, 3.8) is 0 Å². The van der Waals surface area contributed by atoms with Crippen LogP contribution < -0.4 is 10.5 Å². The quantitative estimate of drug-likeness (QED) is 0.919. The lowest BCUT2D eigenvalue weighted by molar-refractivity contribution is -0.131. The first-order valence-corrected chi connectivity index (χ1v) is 7.41. The van der Waals surface area contributed by atoms with Crippen molar-refractivity contribution in [3.8, 4) is 5.75 Å². The fourth-order valence-corrected chi connectivity index (χ4v) is 3.63. The molecule has 1 aliphatic carbocycles. The van der Waals surface area contributed by atoms with Gasteiger partial charge in [0.1, 0.15) is 5.75 Å². The Balaban J connectivity index is 1.93. The lowest BCUT2D eigenvalue weighted by Gasteiger charge is -2.32. The van der Waals surface area contributed by atoms with E-state index in [9.17, 15) is 4.79 Å². The van der Waals surface area contributed by atoms with Gasteiger partial charge < -0.3 is 15.4 Å². The number of amides is 1. The first kappa shape index (κ1) is 13.4. The number of carbonyl (C=O) groups excluding carboxylic acids is 1. The predicted octanol–water partition coefficient (Wildman–Crippen LogP) is 2.24. The average Bonchev–Trinajstić information content (AvgIpc) is 3.06.